The molecule has 0 unspecified atom stereocenters. The van der Waals surface area contributed by atoms with E-state index in [0.717, 1.165) is 5.56 Å². The second kappa shape index (κ2) is 6.44. The summed E-state index contributed by atoms with van der Waals surface area (Å²) in [5.74, 6) is 7.16. The van der Waals surface area contributed by atoms with E-state index in [0.29, 0.717) is 28.4 Å². The minimum Gasteiger partial charge on any atom is -0.503 e. The lowest BCUT2D eigenvalue weighted by Gasteiger charge is -2.06. The Morgan fingerprint density at radius 2 is 2.29 bits per heavy atom. The molecule has 0 atom stereocenters. The molecule has 0 saturated carbocycles. The van der Waals surface area contributed by atoms with E-state index in [1.165, 1.54) is 11.8 Å². The molecule has 0 aliphatic rings. The van der Waals surface area contributed by atoms with Crippen LogP contribution in [0.4, 0.5) is 5.95 Å². The number of phenols is 1. The van der Waals surface area contributed by atoms with Crippen LogP contribution in [0.5, 0.6) is 11.5 Å². The molecule has 1 aromatic carbocycles. The number of aryl methyl sites for hydroxylation is 1. The lowest BCUT2D eigenvalue weighted by molar-refractivity contribution is 0.372. The maximum atomic E-state index is 9.72. The van der Waals surface area contributed by atoms with Crippen LogP contribution in [0.1, 0.15) is 18.3 Å². The highest BCUT2D eigenvalue weighted by Gasteiger charge is 2.08. The first-order valence-electron chi connectivity index (χ1n) is 6.11. The average Bonchev–Trinajstić information content (AvgIpc) is 2.83. The zero-order valence-corrected chi connectivity index (χ0v) is 13.1. The first-order valence-corrected chi connectivity index (χ1v) is 6.91. The van der Waals surface area contributed by atoms with Crippen molar-refractivity contribution in [2.45, 2.75) is 13.3 Å². The van der Waals surface area contributed by atoms with Gasteiger partial charge >= 0.3 is 0 Å². The summed E-state index contributed by atoms with van der Waals surface area (Å²) < 4.78 is 6.91. The number of methoxy groups -OCH3 is 1. The second-order valence-corrected chi connectivity index (χ2v) is 4.94. The highest BCUT2D eigenvalue weighted by Crippen LogP contribution is 2.34. The molecule has 0 spiro atoms. The molecule has 2 rings (SSSR count). The Morgan fingerprint density at radius 3 is 2.90 bits per heavy atom. The first kappa shape index (κ1) is 15.1. The van der Waals surface area contributed by atoms with E-state index in [1.54, 1.807) is 18.3 Å². The number of nitrogens with zero attached hydrogens (tertiary/aromatic N) is 4. The summed E-state index contributed by atoms with van der Waals surface area (Å²) in [5.41, 5.74) is 3.43. The van der Waals surface area contributed by atoms with Crippen LogP contribution in [0.3, 0.4) is 0 Å². The Balaban J connectivity index is 2.14. The SMILES string of the molecule is CCc1nnc(NN=Cc2cc(Br)c(O)c(OC)c2)n1N. The van der Waals surface area contributed by atoms with Crippen molar-refractivity contribution in [1.29, 1.82) is 0 Å². The van der Waals surface area contributed by atoms with Crippen molar-refractivity contribution >= 4 is 28.1 Å². The standard InChI is InChI=1S/C12H15BrN6O2/c1-3-10-16-18-12(19(10)14)17-15-6-7-4-8(13)11(20)9(5-7)21-2/h4-6,20H,3,14H2,1-2H3,(H,17,18). The van der Waals surface area contributed by atoms with Crippen molar-refractivity contribution < 1.29 is 9.84 Å². The maximum absolute atomic E-state index is 9.72. The quantitative estimate of drug-likeness (QED) is 0.426. The highest BCUT2D eigenvalue weighted by atomic mass is 79.9. The zero-order chi connectivity index (χ0) is 15.4. The molecule has 0 aliphatic heterocycles. The number of phenolic OH excluding ortho intramolecular Hbond substituents is 1. The van der Waals surface area contributed by atoms with Gasteiger partial charge in [0.15, 0.2) is 17.3 Å². The van der Waals surface area contributed by atoms with Gasteiger partial charge in [-0.3, -0.25) is 0 Å². The largest absolute Gasteiger partial charge is 0.503 e. The number of rotatable bonds is 5. The van der Waals surface area contributed by atoms with Gasteiger partial charge in [-0.25, -0.2) is 10.1 Å². The van der Waals surface area contributed by atoms with E-state index >= 15 is 0 Å². The number of nitrogens with one attached hydrogen (secondary N) is 1. The number of anilines is 1. The van der Waals surface area contributed by atoms with Crippen molar-refractivity contribution in [3.8, 4) is 11.5 Å². The fraction of sp³-hybridized carbons (Fsp3) is 0.250. The molecule has 9 heteroatoms. The number of hydrogen-bond donors (Lipinski definition) is 3. The molecule has 0 radical (unpaired) electrons. The molecular formula is C12H15BrN6O2. The molecular weight excluding hydrogens is 340 g/mol. The van der Waals surface area contributed by atoms with Gasteiger partial charge in [0, 0.05) is 6.42 Å². The molecule has 0 bridgehead atoms. The molecule has 112 valence electrons. The van der Waals surface area contributed by atoms with E-state index in [2.05, 4.69) is 36.7 Å². The summed E-state index contributed by atoms with van der Waals surface area (Å²) in [6.07, 6.45) is 2.23. The van der Waals surface area contributed by atoms with Gasteiger partial charge in [-0.1, -0.05) is 6.92 Å². The number of nitrogens with two attached hydrogens (primary N) is 1. The lowest BCUT2D eigenvalue weighted by atomic mass is 10.2. The van der Waals surface area contributed by atoms with E-state index in [4.69, 9.17) is 10.6 Å². The molecule has 21 heavy (non-hydrogen) atoms. The molecule has 0 saturated heterocycles. The Morgan fingerprint density at radius 1 is 1.52 bits per heavy atom. The Kier molecular flexibility index (Phi) is 4.63. The minimum absolute atomic E-state index is 0.0388. The van der Waals surface area contributed by atoms with Crippen molar-refractivity contribution in [2.75, 3.05) is 18.4 Å². The Bertz CT molecular complexity index is 670. The van der Waals surface area contributed by atoms with Crippen LogP contribution in [0, 0.1) is 0 Å². The van der Waals surface area contributed by atoms with E-state index in [1.807, 2.05) is 6.92 Å². The zero-order valence-electron chi connectivity index (χ0n) is 11.5. The third-order valence-corrected chi connectivity index (χ3v) is 3.34. The Hall–Kier alpha value is -2.29. The molecule has 0 fully saturated rings. The number of benzene rings is 1. The van der Waals surface area contributed by atoms with Crippen LogP contribution in [-0.4, -0.2) is 33.3 Å². The third kappa shape index (κ3) is 3.24. The topological polar surface area (TPSA) is 111 Å². The normalized spacial score (nSPS) is 11.0. The summed E-state index contributed by atoms with van der Waals surface area (Å²) in [6, 6.07) is 3.35. The summed E-state index contributed by atoms with van der Waals surface area (Å²) in [6.45, 7) is 1.93. The van der Waals surface area contributed by atoms with Gasteiger partial charge in [0.2, 0.25) is 0 Å². The number of halogens is 1. The van der Waals surface area contributed by atoms with Crippen LogP contribution in [0.25, 0.3) is 0 Å². The van der Waals surface area contributed by atoms with Crippen LogP contribution < -0.4 is 16.0 Å². The van der Waals surface area contributed by atoms with Crippen molar-refractivity contribution in [2.24, 2.45) is 5.10 Å². The van der Waals surface area contributed by atoms with Crippen LogP contribution >= 0.6 is 15.9 Å². The molecule has 1 aromatic heterocycles. The van der Waals surface area contributed by atoms with Crippen LogP contribution in [0.15, 0.2) is 21.7 Å². The third-order valence-electron chi connectivity index (χ3n) is 2.73. The summed E-state index contributed by atoms with van der Waals surface area (Å²) >= 11 is 3.24. The average molecular weight is 355 g/mol. The van der Waals surface area contributed by atoms with Gasteiger partial charge in [0.1, 0.15) is 0 Å². The number of hydrazone groups is 1. The summed E-state index contributed by atoms with van der Waals surface area (Å²) in [5, 5.41) is 21.5. The van der Waals surface area contributed by atoms with E-state index in [9.17, 15) is 5.11 Å². The van der Waals surface area contributed by atoms with Gasteiger partial charge in [-0.15, -0.1) is 10.2 Å². The fourth-order valence-electron chi connectivity index (χ4n) is 1.63. The van der Waals surface area contributed by atoms with Crippen molar-refractivity contribution in [3.05, 3.63) is 28.0 Å². The predicted molar refractivity (Wildman–Crippen MR) is 83.1 cm³/mol. The monoisotopic (exact) mass is 354 g/mol. The first-order chi connectivity index (χ1) is 10.1. The number of aromatic nitrogens is 3. The maximum Gasteiger partial charge on any atom is 0.263 e. The van der Waals surface area contributed by atoms with Gasteiger partial charge in [0.05, 0.1) is 17.8 Å². The number of hydrogen-bond acceptors (Lipinski definition) is 7. The van der Waals surface area contributed by atoms with Crippen molar-refractivity contribution in [3.63, 3.8) is 0 Å². The van der Waals surface area contributed by atoms with E-state index < -0.39 is 0 Å². The Labute approximate surface area is 129 Å². The number of ether oxygens (including phenoxy) is 1. The fourth-order valence-corrected chi connectivity index (χ4v) is 2.09. The lowest BCUT2D eigenvalue weighted by Crippen LogP contribution is -2.14. The van der Waals surface area contributed by atoms with Gasteiger partial charge in [0.25, 0.3) is 5.95 Å². The predicted octanol–water partition coefficient (Wildman–Crippen LogP) is 1.48. The molecule has 0 aliphatic carbocycles. The van der Waals surface area contributed by atoms with E-state index in [-0.39, 0.29) is 5.75 Å². The number of nitrogen functional groups attached to an aromatic ring is 1. The molecule has 8 nitrogen and oxygen atoms in total. The molecule has 2 aromatic rings. The van der Waals surface area contributed by atoms with Gasteiger partial charge < -0.3 is 15.7 Å². The van der Waals surface area contributed by atoms with Gasteiger partial charge in [-0.05, 0) is 33.6 Å². The number of aromatic hydroxyl groups is 1. The van der Waals surface area contributed by atoms with Crippen molar-refractivity contribution in [1.82, 2.24) is 14.9 Å². The smallest absolute Gasteiger partial charge is 0.263 e. The molecule has 0 amide bonds. The molecule has 1 heterocycles. The summed E-state index contributed by atoms with van der Waals surface area (Å²) in [4.78, 5) is 0. The highest BCUT2D eigenvalue weighted by molar-refractivity contribution is 9.10. The van der Waals surface area contributed by atoms with Gasteiger partial charge in [-0.2, -0.15) is 5.10 Å². The molecule has 4 N–H and O–H groups in total. The van der Waals surface area contributed by atoms with Crippen LogP contribution in [-0.2, 0) is 6.42 Å². The summed E-state index contributed by atoms with van der Waals surface area (Å²) in [7, 11) is 1.48. The minimum atomic E-state index is 0.0388. The second-order valence-electron chi connectivity index (χ2n) is 4.09. The van der Waals surface area contributed by atoms with Crippen LogP contribution in [0.2, 0.25) is 0 Å².